The highest BCUT2D eigenvalue weighted by Crippen LogP contribution is 2.62. The number of fused-ring (bicyclic) bond motifs is 1. The first-order valence-electron chi connectivity index (χ1n) is 7.30. The van der Waals surface area contributed by atoms with E-state index in [4.69, 9.17) is 10.5 Å². The Morgan fingerprint density at radius 1 is 1.28 bits per heavy atom. The predicted molar refractivity (Wildman–Crippen MR) is 73.5 cm³/mol. The van der Waals surface area contributed by atoms with E-state index in [9.17, 15) is 0 Å². The van der Waals surface area contributed by atoms with Gasteiger partial charge < -0.3 is 10.5 Å². The van der Waals surface area contributed by atoms with Crippen molar-refractivity contribution < 1.29 is 4.74 Å². The normalized spacial score (nSPS) is 30.9. The van der Waals surface area contributed by atoms with Crippen LogP contribution in [-0.2, 0) is 0 Å². The van der Waals surface area contributed by atoms with Gasteiger partial charge in [0.1, 0.15) is 5.75 Å². The Bertz CT molecular complexity index is 407. The third-order valence-corrected chi connectivity index (χ3v) is 4.63. The van der Waals surface area contributed by atoms with Crippen LogP contribution in [0.1, 0.15) is 44.2 Å². The molecule has 0 heterocycles. The second-order valence-corrected chi connectivity index (χ2v) is 5.75. The SMILES string of the molecule is CCCOc1ccccc1C(N)C1C2CCCC21. The average Bonchev–Trinajstić information content (AvgIpc) is 2.88. The summed E-state index contributed by atoms with van der Waals surface area (Å²) in [5.41, 5.74) is 7.70. The Labute approximate surface area is 110 Å². The van der Waals surface area contributed by atoms with Crippen molar-refractivity contribution in [3.05, 3.63) is 29.8 Å². The lowest BCUT2D eigenvalue weighted by Gasteiger charge is -2.18. The predicted octanol–water partition coefficient (Wildman–Crippen LogP) is 3.52. The third kappa shape index (κ3) is 2.03. The molecule has 2 fully saturated rings. The summed E-state index contributed by atoms with van der Waals surface area (Å²) in [4.78, 5) is 0. The average molecular weight is 245 g/mol. The molecule has 2 nitrogen and oxygen atoms in total. The Morgan fingerprint density at radius 2 is 2.00 bits per heavy atom. The van der Waals surface area contributed by atoms with E-state index in [1.165, 1.54) is 24.8 Å². The van der Waals surface area contributed by atoms with Gasteiger partial charge in [-0.15, -0.1) is 0 Å². The molecule has 0 radical (unpaired) electrons. The van der Waals surface area contributed by atoms with E-state index >= 15 is 0 Å². The molecule has 1 aromatic rings. The molecule has 0 aromatic heterocycles. The minimum Gasteiger partial charge on any atom is -0.493 e. The minimum absolute atomic E-state index is 0.174. The first kappa shape index (κ1) is 12.0. The number of rotatable bonds is 5. The smallest absolute Gasteiger partial charge is 0.124 e. The standard InChI is InChI=1S/C16H23NO/c1-2-10-18-14-9-4-3-6-13(14)16(17)15-11-7-5-8-12(11)15/h3-4,6,9,11-12,15-16H,2,5,7-8,10,17H2,1H3. The summed E-state index contributed by atoms with van der Waals surface area (Å²) in [6.45, 7) is 2.91. The highest BCUT2D eigenvalue weighted by Gasteiger charge is 2.55. The molecule has 0 bridgehead atoms. The van der Waals surface area contributed by atoms with Gasteiger partial charge in [0.15, 0.2) is 0 Å². The summed E-state index contributed by atoms with van der Waals surface area (Å²) < 4.78 is 5.83. The van der Waals surface area contributed by atoms with Gasteiger partial charge in [-0.2, -0.15) is 0 Å². The Hall–Kier alpha value is -1.02. The number of benzene rings is 1. The van der Waals surface area contributed by atoms with Gasteiger partial charge in [0.05, 0.1) is 6.61 Å². The molecule has 98 valence electrons. The minimum atomic E-state index is 0.174. The largest absolute Gasteiger partial charge is 0.493 e. The molecule has 1 aromatic carbocycles. The van der Waals surface area contributed by atoms with Gasteiger partial charge in [-0.1, -0.05) is 31.5 Å². The van der Waals surface area contributed by atoms with Crippen LogP contribution >= 0.6 is 0 Å². The highest BCUT2D eigenvalue weighted by molar-refractivity contribution is 5.37. The molecule has 0 aliphatic heterocycles. The van der Waals surface area contributed by atoms with E-state index in [0.717, 1.165) is 30.6 Å². The van der Waals surface area contributed by atoms with Crippen LogP contribution in [0.15, 0.2) is 24.3 Å². The molecule has 2 N–H and O–H groups in total. The Kier molecular flexibility index (Phi) is 3.29. The third-order valence-electron chi connectivity index (χ3n) is 4.63. The van der Waals surface area contributed by atoms with Crippen molar-refractivity contribution in [2.75, 3.05) is 6.61 Å². The Balaban J connectivity index is 1.74. The zero-order valence-corrected chi connectivity index (χ0v) is 11.1. The number of hydrogen-bond acceptors (Lipinski definition) is 2. The fourth-order valence-electron chi connectivity index (χ4n) is 3.72. The van der Waals surface area contributed by atoms with E-state index in [1.807, 2.05) is 6.07 Å². The topological polar surface area (TPSA) is 35.2 Å². The summed E-state index contributed by atoms with van der Waals surface area (Å²) in [6.07, 6.45) is 5.23. The summed E-state index contributed by atoms with van der Waals surface area (Å²) in [5, 5.41) is 0. The number of hydrogen-bond donors (Lipinski definition) is 1. The van der Waals surface area contributed by atoms with Crippen LogP contribution in [0, 0.1) is 17.8 Å². The molecule has 3 rings (SSSR count). The maximum atomic E-state index is 6.48. The van der Waals surface area contributed by atoms with Gasteiger partial charge in [-0.3, -0.25) is 0 Å². The van der Waals surface area contributed by atoms with Crippen LogP contribution in [-0.4, -0.2) is 6.61 Å². The van der Waals surface area contributed by atoms with Crippen molar-refractivity contribution in [2.45, 2.75) is 38.6 Å². The van der Waals surface area contributed by atoms with Crippen molar-refractivity contribution >= 4 is 0 Å². The first-order valence-corrected chi connectivity index (χ1v) is 7.30. The number of nitrogens with two attached hydrogens (primary N) is 1. The molecular weight excluding hydrogens is 222 g/mol. The van der Waals surface area contributed by atoms with E-state index in [-0.39, 0.29) is 6.04 Å². The van der Waals surface area contributed by atoms with Gasteiger partial charge >= 0.3 is 0 Å². The lowest BCUT2D eigenvalue weighted by atomic mass is 9.97. The van der Waals surface area contributed by atoms with E-state index in [2.05, 4.69) is 25.1 Å². The van der Waals surface area contributed by atoms with Crippen LogP contribution in [0.2, 0.25) is 0 Å². The number of para-hydroxylation sites is 1. The van der Waals surface area contributed by atoms with Crippen molar-refractivity contribution in [1.82, 2.24) is 0 Å². The van der Waals surface area contributed by atoms with Gasteiger partial charge in [-0.25, -0.2) is 0 Å². The van der Waals surface area contributed by atoms with Crippen molar-refractivity contribution in [2.24, 2.45) is 23.5 Å². The zero-order valence-electron chi connectivity index (χ0n) is 11.1. The first-order chi connectivity index (χ1) is 8.83. The summed E-state index contributed by atoms with van der Waals surface area (Å²) in [5.74, 6) is 3.51. The fraction of sp³-hybridized carbons (Fsp3) is 0.625. The molecule has 18 heavy (non-hydrogen) atoms. The van der Waals surface area contributed by atoms with Crippen molar-refractivity contribution in [3.63, 3.8) is 0 Å². The molecule has 2 aliphatic rings. The maximum absolute atomic E-state index is 6.48. The molecule has 2 aliphatic carbocycles. The van der Waals surface area contributed by atoms with Crippen molar-refractivity contribution in [1.29, 1.82) is 0 Å². The highest BCUT2D eigenvalue weighted by atomic mass is 16.5. The van der Waals surface area contributed by atoms with Crippen molar-refractivity contribution in [3.8, 4) is 5.75 Å². The summed E-state index contributed by atoms with van der Waals surface area (Å²) in [6, 6.07) is 8.49. The van der Waals surface area contributed by atoms with Crippen LogP contribution < -0.4 is 10.5 Å². The van der Waals surface area contributed by atoms with E-state index < -0.39 is 0 Å². The van der Waals surface area contributed by atoms with E-state index in [1.54, 1.807) is 0 Å². The molecule has 3 unspecified atom stereocenters. The zero-order chi connectivity index (χ0) is 12.5. The fourth-order valence-corrected chi connectivity index (χ4v) is 3.72. The quantitative estimate of drug-likeness (QED) is 0.861. The monoisotopic (exact) mass is 245 g/mol. The van der Waals surface area contributed by atoms with Crippen LogP contribution in [0.25, 0.3) is 0 Å². The molecule has 3 atom stereocenters. The maximum Gasteiger partial charge on any atom is 0.124 e. The van der Waals surface area contributed by atoms with Gasteiger partial charge in [0, 0.05) is 11.6 Å². The van der Waals surface area contributed by atoms with Crippen LogP contribution in [0.5, 0.6) is 5.75 Å². The van der Waals surface area contributed by atoms with Gasteiger partial charge in [0.2, 0.25) is 0 Å². The second-order valence-electron chi connectivity index (χ2n) is 5.75. The van der Waals surface area contributed by atoms with E-state index in [0.29, 0.717) is 5.92 Å². The molecule has 2 saturated carbocycles. The Morgan fingerprint density at radius 3 is 2.72 bits per heavy atom. The molecule has 0 saturated heterocycles. The second kappa shape index (κ2) is 4.93. The molecule has 2 heteroatoms. The summed E-state index contributed by atoms with van der Waals surface area (Å²) >= 11 is 0. The lowest BCUT2D eigenvalue weighted by Crippen LogP contribution is -2.17. The lowest BCUT2D eigenvalue weighted by molar-refractivity contribution is 0.310. The summed E-state index contributed by atoms with van der Waals surface area (Å²) in [7, 11) is 0. The van der Waals surface area contributed by atoms with Crippen LogP contribution in [0.4, 0.5) is 0 Å². The molecular formula is C16H23NO. The number of ether oxygens (including phenoxy) is 1. The molecule has 0 amide bonds. The van der Waals surface area contributed by atoms with Crippen LogP contribution in [0.3, 0.4) is 0 Å². The van der Waals surface area contributed by atoms with Gasteiger partial charge in [0.25, 0.3) is 0 Å². The van der Waals surface area contributed by atoms with Gasteiger partial charge in [-0.05, 0) is 43.1 Å². The molecule has 0 spiro atoms.